The van der Waals surface area contributed by atoms with Crippen LogP contribution in [0.5, 0.6) is 23.0 Å². The van der Waals surface area contributed by atoms with E-state index in [1.165, 1.54) is 0 Å². The van der Waals surface area contributed by atoms with Crippen LogP contribution in [-0.2, 0) is 4.79 Å². The van der Waals surface area contributed by atoms with Crippen molar-refractivity contribution in [1.82, 2.24) is 19.1 Å². The van der Waals surface area contributed by atoms with Crippen LogP contribution < -0.4 is 18.9 Å². The molecule has 2 atom stereocenters. The Kier molecular flexibility index (Phi) is 7.69. The molecule has 44 heavy (non-hydrogen) atoms. The molecule has 2 aromatic carbocycles. The second-order valence-electron chi connectivity index (χ2n) is 10.5. The highest BCUT2D eigenvalue weighted by molar-refractivity contribution is 5.98. The highest BCUT2D eigenvalue weighted by atomic mass is 16.5. The predicted molar refractivity (Wildman–Crippen MR) is 171 cm³/mol. The van der Waals surface area contributed by atoms with Crippen molar-refractivity contribution < 1.29 is 23.7 Å². The largest absolute Gasteiger partial charge is 0.493 e. The summed E-state index contributed by atoms with van der Waals surface area (Å²) in [7, 11) is 6.46. The Morgan fingerprint density at radius 3 is 1.41 bits per heavy atom. The predicted octanol–water partition coefficient (Wildman–Crippen LogP) is 7.15. The average molecular weight is 591 g/mol. The van der Waals surface area contributed by atoms with Crippen LogP contribution in [0, 0.1) is 0 Å². The Balaban J connectivity index is 1.40. The summed E-state index contributed by atoms with van der Waals surface area (Å²) < 4.78 is 25.9. The van der Waals surface area contributed by atoms with E-state index in [1.807, 2.05) is 96.0 Å². The van der Waals surface area contributed by atoms with Gasteiger partial charge in [-0.2, -0.15) is 0 Å². The minimum Gasteiger partial charge on any atom is -0.493 e. The van der Waals surface area contributed by atoms with Crippen LogP contribution in [0.2, 0.25) is 0 Å². The van der Waals surface area contributed by atoms with E-state index in [0.29, 0.717) is 23.0 Å². The molecule has 6 rings (SSSR count). The molecule has 0 aliphatic carbocycles. The van der Waals surface area contributed by atoms with Crippen molar-refractivity contribution in [3.8, 4) is 45.3 Å². The van der Waals surface area contributed by atoms with Crippen LogP contribution in [0.1, 0.15) is 25.9 Å². The number of rotatable bonds is 10. The summed E-state index contributed by atoms with van der Waals surface area (Å²) >= 11 is 0. The van der Waals surface area contributed by atoms with Crippen molar-refractivity contribution in [2.45, 2.75) is 25.9 Å². The third kappa shape index (κ3) is 4.80. The molecular weight excluding hydrogens is 556 g/mol. The summed E-state index contributed by atoms with van der Waals surface area (Å²) in [6.07, 6.45) is 7.48. The van der Waals surface area contributed by atoms with Crippen molar-refractivity contribution >= 4 is 27.9 Å². The van der Waals surface area contributed by atoms with Crippen LogP contribution in [0.3, 0.4) is 0 Å². The summed E-state index contributed by atoms with van der Waals surface area (Å²) in [5.41, 5.74) is 5.23. The maximum Gasteiger partial charge on any atom is 0.177 e. The molecule has 0 spiro atoms. The number of pyridine rings is 2. The van der Waals surface area contributed by atoms with Gasteiger partial charge in [0, 0.05) is 46.7 Å². The maximum absolute atomic E-state index is 14.2. The SMILES string of the molecule is COc1ccc(-c2cn(C(C)C(=O)C(C)n3cc(-c4ccc(OC)c(OC)c4)c4cccnc43)c3ncccc23)cc1OC. The smallest absolute Gasteiger partial charge is 0.177 e. The molecule has 0 amide bonds. The van der Waals surface area contributed by atoms with Gasteiger partial charge in [-0.3, -0.25) is 4.79 Å². The molecule has 0 aliphatic rings. The average Bonchev–Trinajstić information content (AvgIpc) is 3.66. The van der Waals surface area contributed by atoms with Crippen LogP contribution in [0.4, 0.5) is 0 Å². The Morgan fingerprint density at radius 1 is 0.614 bits per heavy atom. The molecule has 0 bridgehead atoms. The Hall–Kier alpha value is -5.31. The van der Waals surface area contributed by atoms with E-state index in [0.717, 1.165) is 44.3 Å². The minimum atomic E-state index is -0.512. The highest BCUT2D eigenvalue weighted by Crippen LogP contribution is 2.39. The number of aromatic nitrogens is 4. The van der Waals surface area contributed by atoms with E-state index < -0.39 is 12.1 Å². The van der Waals surface area contributed by atoms with E-state index >= 15 is 0 Å². The maximum atomic E-state index is 14.2. The van der Waals surface area contributed by atoms with Crippen LogP contribution >= 0.6 is 0 Å². The van der Waals surface area contributed by atoms with Gasteiger partial charge in [0.05, 0.1) is 40.5 Å². The van der Waals surface area contributed by atoms with Crippen LogP contribution in [0.15, 0.2) is 85.5 Å². The first-order valence-corrected chi connectivity index (χ1v) is 14.3. The van der Waals surface area contributed by atoms with E-state index in [-0.39, 0.29) is 5.78 Å². The molecule has 4 aromatic heterocycles. The van der Waals surface area contributed by atoms with Gasteiger partial charge in [0.2, 0.25) is 0 Å². The van der Waals surface area contributed by atoms with E-state index in [4.69, 9.17) is 18.9 Å². The van der Waals surface area contributed by atoms with Crippen molar-refractivity contribution in [2.24, 2.45) is 0 Å². The number of carbonyl (C=O) groups is 1. The van der Waals surface area contributed by atoms with Gasteiger partial charge in [-0.1, -0.05) is 12.1 Å². The molecule has 9 nitrogen and oxygen atoms in total. The lowest BCUT2D eigenvalue weighted by molar-refractivity contribution is -0.124. The molecule has 0 aliphatic heterocycles. The lowest BCUT2D eigenvalue weighted by atomic mass is 10.1. The zero-order valence-corrected chi connectivity index (χ0v) is 25.6. The molecule has 2 unspecified atom stereocenters. The van der Waals surface area contributed by atoms with E-state index in [2.05, 4.69) is 9.97 Å². The molecule has 0 N–H and O–H groups in total. The van der Waals surface area contributed by atoms with Gasteiger partial charge in [-0.05, 0) is 73.5 Å². The van der Waals surface area contributed by atoms with Gasteiger partial charge in [0.1, 0.15) is 11.3 Å². The molecule has 9 heteroatoms. The minimum absolute atomic E-state index is 0.0211. The molecular formula is C35H34N4O5. The molecule has 224 valence electrons. The van der Waals surface area contributed by atoms with Crippen molar-refractivity contribution in [2.75, 3.05) is 28.4 Å². The summed E-state index contributed by atoms with van der Waals surface area (Å²) in [5, 5.41) is 1.88. The number of Topliss-reactive ketones (excluding diaryl/α,β-unsaturated/α-hetero) is 1. The summed E-state index contributed by atoms with van der Waals surface area (Å²) in [4.78, 5) is 23.6. The monoisotopic (exact) mass is 590 g/mol. The molecule has 0 saturated carbocycles. The summed E-state index contributed by atoms with van der Waals surface area (Å²) in [6, 6.07) is 18.4. The normalized spacial score (nSPS) is 12.7. The quantitative estimate of drug-likeness (QED) is 0.167. The summed E-state index contributed by atoms with van der Waals surface area (Å²) in [6.45, 7) is 3.83. The summed E-state index contributed by atoms with van der Waals surface area (Å²) in [5.74, 6) is 2.58. The topological polar surface area (TPSA) is 89.6 Å². The van der Waals surface area contributed by atoms with Crippen LogP contribution in [0.25, 0.3) is 44.3 Å². The number of methoxy groups -OCH3 is 4. The first-order valence-electron chi connectivity index (χ1n) is 14.3. The number of hydrogen-bond donors (Lipinski definition) is 0. The third-order valence-corrected chi connectivity index (χ3v) is 8.23. The lowest BCUT2D eigenvalue weighted by Gasteiger charge is -2.20. The Bertz CT molecular complexity index is 1850. The lowest BCUT2D eigenvalue weighted by Crippen LogP contribution is -2.25. The van der Waals surface area contributed by atoms with Crippen LogP contribution in [-0.4, -0.2) is 53.3 Å². The Labute approximate surface area is 255 Å². The molecule has 0 radical (unpaired) electrons. The van der Waals surface area contributed by atoms with Crippen molar-refractivity contribution in [3.63, 3.8) is 0 Å². The molecule has 6 aromatic rings. The van der Waals surface area contributed by atoms with Crippen molar-refractivity contribution in [1.29, 1.82) is 0 Å². The Morgan fingerprint density at radius 2 is 1.02 bits per heavy atom. The van der Waals surface area contributed by atoms with E-state index in [1.54, 1.807) is 40.8 Å². The standard InChI is InChI=1S/C35H34N4O5/c1-21(38-19-27(25-9-7-15-36-34(25)38)23-11-13-29(41-3)31(17-23)43-5)33(40)22(2)39-20-28(26-10-8-16-37-35(26)39)24-12-14-30(42-4)32(18-24)44-6/h7-22H,1-6H3. The first kappa shape index (κ1) is 28.8. The molecule has 0 saturated heterocycles. The third-order valence-electron chi connectivity index (χ3n) is 8.23. The zero-order chi connectivity index (χ0) is 31.0. The highest BCUT2D eigenvalue weighted by Gasteiger charge is 2.28. The number of benzene rings is 2. The van der Waals surface area contributed by atoms with Crippen molar-refractivity contribution in [3.05, 3.63) is 85.5 Å². The van der Waals surface area contributed by atoms with Gasteiger partial charge < -0.3 is 28.1 Å². The zero-order valence-electron chi connectivity index (χ0n) is 25.6. The number of hydrogen-bond acceptors (Lipinski definition) is 7. The second kappa shape index (κ2) is 11.8. The van der Waals surface area contributed by atoms with Gasteiger partial charge in [-0.25, -0.2) is 9.97 Å². The number of nitrogens with zero attached hydrogens (tertiary/aromatic N) is 4. The van der Waals surface area contributed by atoms with Gasteiger partial charge in [-0.15, -0.1) is 0 Å². The number of carbonyl (C=O) groups excluding carboxylic acids is 1. The fourth-order valence-corrected chi connectivity index (χ4v) is 5.85. The van der Waals surface area contributed by atoms with Gasteiger partial charge in [0.25, 0.3) is 0 Å². The van der Waals surface area contributed by atoms with E-state index in [9.17, 15) is 4.79 Å². The number of fused-ring (bicyclic) bond motifs is 2. The first-order chi connectivity index (χ1) is 21.4. The fourth-order valence-electron chi connectivity index (χ4n) is 5.85. The van der Waals surface area contributed by atoms with Gasteiger partial charge >= 0.3 is 0 Å². The molecule has 4 heterocycles. The number of ether oxygens (including phenoxy) is 4. The fraction of sp³-hybridized carbons (Fsp3) is 0.229. The van der Waals surface area contributed by atoms with Gasteiger partial charge in [0.15, 0.2) is 28.8 Å². The second-order valence-corrected chi connectivity index (χ2v) is 10.5. The number of ketones is 1. The molecule has 0 fully saturated rings.